The first-order valence-electron chi connectivity index (χ1n) is 4.87. The Kier molecular flexibility index (Phi) is 3.48. The zero-order chi connectivity index (χ0) is 11.5. The second-order valence-electron chi connectivity index (χ2n) is 3.28. The SMILES string of the molecule is COc1ccc2c(c1)C(OCCO)SC2=O. The fourth-order valence-corrected chi connectivity index (χ4v) is 2.55. The van der Waals surface area contributed by atoms with Crippen LogP contribution >= 0.6 is 11.8 Å². The molecular weight excluding hydrogens is 228 g/mol. The van der Waals surface area contributed by atoms with E-state index in [9.17, 15) is 4.79 Å². The molecule has 0 radical (unpaired) electrons. The van der Waals surface area contributed by atoms with E-state index in [0.29, 0.717) is 11.3 Å². The summed E-state index contributed by atoms with van der Waals surface area (Å²) in [6.45, 7) is 0.173. The van der Waals surface area contributed by atoms with Gasteiger partial charge in [0.2, 0.25) is 5.12 Å². The summed E-state index contributed by atoms with van der Waals surface area (Å²) in [7, 11) is 1.58. The standard InChI is InChI=1S/C11H12O4S/c1-14-7-2-3-8-9(6-7)11(15-5-4-12)16-10(8)13/h2-3,6,11-12H,4-5H2,1H3. The van der Waals surface area contributed by atoms with Crippen molar-refractivity contribution in [2.45, 2.75) is 5.44 Å². The lowest BCUT2D eigenvalue weighted by atomic mass is 10.1. The molecule has 0 amide bonds. The summed E-state index contributed by atoms with van der Waals surface area (Å²) >= 11 is 1.13. The molecule has 1 aliphatic rings. The van der Waals surface area contributed by atoms with Crippen molar-refractivity contribution in [1.82, 2.24) is 0 Å². The highest BCUT2D eigenvalue weighted by Gasteiger charge is 2.31. The van der Waals surface area contributed by atoms with Crippen LogP contribution in [0, 0.1) is 0 Å². The minimum Gasteiger partial charge on any atom is -0.497 e. The van der Waals surface area contributed by atoms with Crippen molar-refractivity contribution in [3.8, 4) is 5.75 Å². The van der Waals surface area contributed by atoms with Gasteiger partial charge in [0.1, 0.15) is 11.2 Å². The zero-order valence-corrected chi connectivity index (χ0v) is 9.62. The van der Waals surface area contributed by atoms with Crippen molar-refractivity contribution < 1.29 is 19.4 Å². The van der Waals surface area contributed by atoms with Gasteiger partial charge in [-0.3, -0.25) is 4.79 Å². The average Bonchev–Trinajstić information content (AvgIpc) is 2.63. The van der Waals surface area contributed by atoms with Gasteiger partial charge in [0.05, 0.1) is 20.3 Å². The maximum atomic E-state index is 11.6. The highest BCUT2D eigenvalue weighted by atomic mass is 32.2. The van der Waals surface area contributed by atoms with Crippen LogP contribution in [0.15, 0.2) is 18.2 Å². The number of fused-ring (bicyclic) bond motifs is 1. The average molecular weight is 240 g/mol. The Morgan fingerprint density at radius 3 is 3.00 bits per heavy atom. The van der Waals surface area contributed by atoms with Crippen LogP contribution in [0.5, 0.6) is 5.75 Å². The first-order chi connectivity index (χ1) is 7.76. The van der Waals surface area contributed by atoms with Gasteiger partial charge in [0.15, 0.2) is 0 Å². The van der Waals surface area contributed by atoms with Crippen LogP contribution in [-0.2, 0) is 4.74 Å². The maximum absolute atomic E-state index is 11.6. The Balaban J connectivity index is 2.27. The number of rotatable bonds is 4. The van der Waals surface area contributed by atoms with E-state index in [0.717, 1.165) is 17.3 Å². The normalized spacial score (nSPS) is 18.6. The molecule has 0 bridgehead atoms. The summed E-state index contributed by atoms with van der Waals surface area (Å²) in [5.74, 6) is 0.701. The molecule has 1 aromatic rings. The Morgan fingerprint density at radius 1 is 1.50 bits per heavy atom. The lowest BCUT2D eigenvalue weighted by Gasteiger charge is -2.11. The van der Waals surface area contributed by atoms with Crippen LogP contribution in [0.1, 0.15) is 21.4 Å². The number of carbonyl (C=O) groups is 1. The summed E-state index contributed by atoms with van der Waals surface area (Å²) in [6, 6.07) is 5.30. The van der Waals surface area contributed by atoms with Gasteiger partial charge in [-0.15, -0.1) is 0 Å². The number of benzene rings is 1. The third-order valence-electron chi connectivity index (χ3n) is 2.31. The summed E-state index contributed by atoms with van der Waals surface area (Å²) in [5.41, 5.74) is 1.15. The molecule has 0 fully saturated rings. The highest BCUT2D eigenvalue weighted by Crippen LogP contribution is 2.43. The second kappa shape index (κ2) is 4.86. The van der Waals surface area contributed by atoms with Gasteiger partial charge < -0.3 is 14.6 Å². The monoisotopic (exact) mass is 240 g/mol. The summed E-state index contributed by atoms with van der Waals surface area (Å²) in [5, 5.41) is 8.70. The molecule has 4 nitrogen and oxygen atoms in total. The molecule has 2 rings (SSSR count). The fraction of sp³-hybridized carbons (Fsp3) is 0.364. The van der Waals surface area contributed by atoms with E-state index in [1.54, 1.807) is 25.3 Å². The Morgan fingerprint density at radius 2 is 2.31 bits per heavy atom. The van der Waals surface area contributed by atoms with E-state index in [2.05, 4.69) is 0 Å². The van der Waals surface area contributed by atoms with Crippen LogP contribution in [0.4, 0.5) is 0 Å². The van der Waals surface area contributed by atoms with E-state index in [4.69, 9.17) is 14.6 Å². The number of carbonyl (C=O) groups excluding carboxylic acids is 1. The van der Waals surface area contributed by atoms with Gasteiger partial charge in [-0.2, -0.15) is 0 Å². The molecule has 1 atom stereocenters. The van der Waals surface area contributed by atoms with E-state index in [-0.39, 0.29) is 23.8 Å². The van der Waals surface area contributed by atoms with Crippen molar-refractivity contribution in [3.63, 3.8) is 0 Å². The lowest BCUT2D eigenvalue weighted by molar-refractivity contribution is 0.0766. The smallest absolute Gasteiger partial charge is 0.222 e. The Hall–Kier alpha value is -1.04. The molecule has 1 aromatic carbocycles. The Bertz CT molecular complexity index is 405. The topological polar surface area (TPSA) is 55.8 Å². The fourth-order valence-electron chi connectivity index (χ4n) is 1.56. The molecule has 1 heterocycles. The molecule has 16 heavy (non-hydrogen) atoms. The predicted octanol–water partition coefficient (Wildman–Crippen LogP) is 1.59. The quantitative estimate of drug-likeness (QED) is 0.866. The third kappa shape index (κ3) is 2.07. The summed E-state index contributed by atoms with van der Waals surface area (Å²) in [4.78, 5) is 11.6. The van der Waals surface area contributed by atoms with Crippen molar-refractivity contribution in [1.29, 1.82) is 0 Å². The zero-order valence-electron chi connectivity index (χ0n) is 8.80. The molecule has 1 aliphatic heterocycles. The van der Waals surface area contributed by atoms with Gasteiger partial charge in [-0.1, -0.05) is 0 Å². The number of ether oxygens (including phenoxy) is 2. The molecule has 0 aromatic heterocycles. The summed E-state index contributed by atoms with van der Waals surface area (Å²) in [6.07, 6.45) is 0. The number of aliphatic hydroxyl groups is 1. The summed E-state index contributed by atoms with van der Waals surface area (Å²) < 4.78 is 10.5. The molecule has 0 saturated heterocycles. The van der Waals surface area contributed by atoms with Crippen LogP contribution in [0.3, 0.4) is 0 Å². The van der Waals surface area contributed by atoms with Crippen molar-refractivity contribution >= 4 is 16.9 Å². The molecule has 5 heteroatoms. The van der Waals surface area contributed by atoms with Gasteiger partial charge in [0, 0.05) is 11.1 Å². The number of aliphatic hydroxyl groups excluding tert-OH is 1. The van der Waals surface area contributed by atoms with E-state index in [1.165, 1.54) is 0 Å². The van der Waals surface area contributed by atoms with Crippen LogP contribution in [0.2, 0.25) is 0 Å². The minimum absolute atomic E-state index is 0.000549. The second-order valence-corrected chi connectivity index (χ2v) is 4.32. The largest absolute Gasteiger partial charge is 0.497 e. The maximum Gasteiger partial charge on any atom is 0.222 e. The van der Waals surface area contributed by atoms with Crippen LogP contribution < -0.4 is 4.74 Å². The number of thioether (sulfide) groups is 1. The number of hydrogen-bond acceptors (Lipinski definition) is 5. The predicted molar refractivity (Wildman–Crippen MR) is 60.7 cm³/mol. The number of methoxy groups -OCH3 is 1. The molecule has 0 aliphatic carbocycles. The highest BCUT2D eigenvalue weighted by molar-refractivity contribution is 8.14. The minimum atomic E-state index is -0.329. The molecule has 0 spiro atoms. The first kappa shape index (κ1) is 11.4. The lowest BCUT2D eigenvalue weighted by Crippen LogP contribution is -2.02. The number of hydrogen-bond donors (Lipinski definition) is 1. The van der Waals surface area contributed by atoms with Crippen molar-refractivity contribution in [2.24, 2.45) is 0 Å². The van der Waals surface area contributed by atoms with Crippen LogP contribution in [0.25, 0.3) is 0 Å². The van der Waals surface area contributed by atoms with E-state index in [1.807, 2.05) is 0 Å². The van der Waals surface area contributed by atoms with Gasteiger partial charge >= 0.3 is 0 Å². The van der Waals surface area contributed by atoms with Crippen molar-refractivity contribution in [3.05, 3.63) is 29.3 Å². The molecule has 86 valence electrons. The molecule has 1 N–H and O–H groups in total. The van der Waals surface area contributed by atoms with Crippen LogP contribution in [-0.4, -0.2) is 30.5 Å². The van der Waals surface area contributed by atoms with Gasteiger partial charge in [0.25, 0.3) is 0 Å². The van der Waals surface area contributed by atoms with Gasteiger partial charge in [-0.05, 0) is 30.0 Å². The van der Waals surface area contributed by atoms with E-state index >= 15 is 0 Å². The molecule has 0 saturated carbocycles. The van der Waals surface area contributed by atoms with Crippen molar-refractivity contribution in [2.75, 3.05) is 20.3 Å². The third-order valence-corrected chi connectivity index (χ3v) is 3.35. The molecule has 1 unspecified atom stereocenters. The van der Waals surface area contributed by atoms with E-state index < -0.39 is 0 Å². The molecular formula is C11H12O4S. The first-order valence-corrected chi connectivity index (χ1v) is 5.75. The van der Waals surface area contributed by atoms with Gasteiger partial charge in [-0.25, -0.2) is 0 Å². The Labute approximate surface area is 97.6 Å².